The number of hydrogen-bond acceptors (Lipinski definition) is 6. The van der Waals surface area contributed by atoms with Crippen LogP contribution in [-0.2, 0) is 20.6 Å². The van der Waals surface area contributed by atoms with Gasteiger partial charge in [-0.3, -0.25) is 9.89 Å². The number of guanidine groups is 1. The summed E-state index contributed by atoms with van der Waals surface area (Å²) in [5.41, 5.74) is 0. The monoisotopic (exact) mass is 562 g/mol. The minimum Gasteiger partial charge on any atom is -0.469 e. The number of nitrogens with zero attached hydrogens (tertiary/aromatic N) is 3. The van der Waals surface area contributed by atoms with Crippen LogP contribution in [0.4, 0.5) is 0 Å². The Hall–Kier alpha value is -0.880. The molecule has 0 amide bonds. The van der Waals surface area contributed by atoms with Crippen LogP contribution in [0.25, 0.3) is 0 Å². The second-order valence-electron chi connectivity index (χ2n) is 8.77. The first-order valence-electron chi connectivity index (χ1n) is 11.9. The fourth-order valence-corrected chi connectivity index (χ4v) is 4.69. The van der Waals surface area contributed by atoms with Crippen molar-refractivity contribution in [2.75, 3.05) is 72.2 Å². The molecule has 1 aromatic rings. The molecule has 8 nitrogen and oxygen atoms in total. The van der Waals surface area contributed by atoms with Gasteiger partial charge in [-0.2, -0.15) is 0 Å². The van der Waals surface area contributed by atoms with E-state index in [9.17, 15) is 0 Å². The van der Waals surface area contributed by atoms with Gasteiger partial charge in [0, 0.05) is 58.2 Å². The van der Waals surface area contributed by atoms with Gasteiger partial charge in [-0.05, 0) is 38.3 Å². The smallest absolute Gasteiger partial charge is 0.193 e. The number of furan rings is 1. The highest BCUT2D eigenvalue weighted by Crippen LogP contribution is 2.34. The van der Waals surface area contributed by atoms with Gasteiger partial charge in [0.1, 0.15) is 5.76 Å². The van der Waals surface area contributed by atoms with E-state index in [0.717, 1.165) is 96.4 Å². The van der Waals surface area contributed by atoms with Gasteiger partial charge in [-0.25, -0.2) is 0 Å². The minimum atomic E-state index is -0.464. The summed E-state index contributed by atoms with van der Waals surface area (Å²) in [5, 5.41) is 3.59. The van der Waals surface area contributed by atoms with Gasteiger partial charge in [-0.1, -0.05) is 0 Å². The van der Waals surface area contributed by atoms with Crippen molar-refractivity contribution < 1.29 is 18.6 Å². The predicted molar refractivity (Wildman–Crippen MR) is 135 cm³/mol. The molecule has 3 fully saturated rings. The van der Waals surface area contributed by atoms with E-state index in [4.69, 9.17) is 23.6 Å². The highest BCUT2D eigenvalue weighted by atomic mass is 127. The number of likely N-dealkylation sites (tertiary alicyclic amines) is 1. The largest absolute Gasteiger partial charge is 0.469 e. The Morgan fingerprint density at radius 3 is 2.75 bits per heavy atom. The fraction of sp³-hybridized carbons (Fsp3) is 0.783. The zero-order valence-corrected chi connectivity index (χ0v) is 21.6. The molecule has 1 N–H and O–H groups in total. The lowest BCUT2D eigenvalue weighted by Gasteiger charge is -2.41. The van der Waals surface area contributed by atoms with Gasteiger partial charge < -0.3 is 28.8 Å². The van der Waals surface area contributed by atoms with E-state index in [-0.39, 0.29) is 24.0 Å². The third kappa shape index (κ3) is 7.31. The standard InChI is InChI=1S/C23H38N4O4.HI/c1-23(30-17-18-31-23)20-5-2-11-27(19-20)22(25-9-7-21-6-3-14-29-21)24-8-4-10-26-12-15-28-16-13-26;/h3,6,14,20H,2,4-5,7-13,15-19H2,1H3,(H,24,25);1H. The summed E-state index contributed by atoms with van der Waals surface area (Å²) >= 11 is 0. The van der Waals surface area contributed by atoms with Crippen molar-refractivity contribution in [3.8, 4) is 0 Å². The Bertz CT molecular complexity index is 676. The Morgan fingerprint density at radius 1 is 1.19 bits per heavy atom. The molecular formula is C23H39IN4O4. The topological polar surface area (TPSA) is 71.7 Å². The van der Waals surface area contributed by atoms with E-state index >= 15 is 0 Å². The second kappa shape index (κ2) is 13.1. The zero-order valence-electron chi connectivity index (χ0n) is 19.3. The molecule has 32 heavy (non-hydrogen) atoms. The molecule has 9 heteroatoms. The molecule has 0 spiro atoms. The van der Waals surface area contributed by atoms with Crippen LogP contribution < -0.4 is 5.32 Å². The van der Waals surface area contributed by atoms with Crippen molar-refractivity contribution in [1.29, 1.82) is 0 Å². The number of halogens is 1. The first-order chi connectivity index (χ1) is 15.2. The molecule has 1 unspecified atom stereocenters. The molecular weight excluding hydrogens is 523 g/mol. The van der Waals surface area contributed by atoms with Crippen molar-refractivity contribution in [2.45, 2.75) is 38.4 Å². The summed E-state index contributed by atoms with van der Waals surface area (Å²) in [6.07, 6.45) is 5.89. The Labute approximate surface area is 209 Å². The average Bonchev–Trinajstić information content (AvgIpc) is 3.49. The van der Waals surface area contributed by atoms with Crippen LogP contribution >= 0.6 is 24.0 Å². The van der Waals surface area contributed by atoms with Crippen molar-refractivity contribution in [2.24, 2.45) is 10.9 Å². The SMILES string of the molecule is CC1(C2CCCN(C(=NCCCN3CCOCC3)NCCc3ccco3)C2)OCCO1.I. The second-order valence-corrected chi connectivity index (χ2v) is 8.77. The number of nitrogens with one attached hydrogen (secondary N) is 1. The summed E-state index contributed by atoms with van der Waals surface area (Å²) < 4.78 is 22.9. The van der Waals surface area contributed by atoms with Crippen molar-refractivity contribution in [3.05, 3.63) is 24.2 Å². The highest BCUT2D eigenvalue weighted by molar-refractivity contribution is 14.0. The quantitative estimate of drug-likeness (QED) is 0.226. The molecule has 0 saturated carbocycles. The molecule has 0 bridgehead atoms. The lowest BCUT2D eigenvalue weighted by Crippen LogP contribution is -2.52. The molecule has 0 aromatic carbocycles. The van der Waals surface area contributed by atoms with Crippen molar-refractivity contribution in [3.63, 3.8) is 0 Å². The summed E-state index contributed by atoms with van der Waals surface area (Å²) in [7, 11) is 0. The van der Waals surface area contributed by atoms with Crippen LogP contribution in [0.1, 0.15) is 31.9 Å². The lowest BCUT2D eigenvalue weighted by atomic mass is 9.90. The van der Waals surface area contributed by atoms with E-state index < -0.39 is 5.79 Å². The van der Waals surface area contributed by atoms with E-state index in [1.807, 2.05) is 12.1 Å². The number of ether oxygens (including phenoxy) is 3. The molecule has 3 aliphatic rings. The van der Waals surface area contributed by atoms with Crippen LogP contribution in [-0.4, -0.2) is 93.8 Å². The number of piperidine rings is 1. The number of aliphatic imine (C=N–C) groups is 1. The van der Waals surface area contributed by atoms with Gasteiger partial charge in [0.2, 0.25) is 0 Å². The molecule has 0 radical (unpaired) electrons. The third-order valence-corrected chi connectivity index (χ3v) is 6.56. The molecule has 4 heterocycles. The summed E-state index contributed by atoms with van der Waals surface area (Å²) in [6.45, 7) is 11.9. The predicted octanol–water partition coefficient (Wildman–Crippen LogP) is 2.58. The summed E-state index contributed by atoms with van der Waals surface area (Å²) in [6, 6.07) is 3.96. The summed E-state index contributed by atoms with van der Waals surface area (Å²) in [5.74, 6) is 1.89. The molecule has 182 valence electrons. The van der Waals surface area contributed by atoms with Crippen LogP contribution in [0.2, 0.25) is 0 Å². The van der Waals surface area contributed by atoms with Gasteiger partial charge in [0.25, 0.3) is 0 Å². The van der Waals surface area contributed by atoms with Crippen molar-refractivity contribution in [1.82, 2.24) is 15.1 Å². The molecule has 0 aliphatic carbocycles. The fourth-order valence-electron chi connectivity index (χ4n) is 4.69. The van der Waals surface area contributed by atoms with Crippen LogP contribution in [0.3, 0.4) is 0 Å². The number of hydrogen-bond donors (Lipinski definition) is 1. The average molecular weight is 562 g/mol. The van der Waals surface area contributed by atoms with Crippen molar-refractivity contribution >= 4 is 29.9 Å². The lowest BCUT2D eigenvalue weighted by molar-refractivity contribution is -0.189. The van der Waals surface area contributed by atoms with E-state index in [2.05, 4.69) is 22.0 Å². The molecule has 1 aromatic heterocycles. The molecule has 3 saturated heterocycles. The maximum atomic E-state index is 5.97. The van der Waals surface area contributed by atoms with E-state index in [1.165, 1.54) is 0 Å². The number of rotatable bonds is 8. The highest BCUT2D eigenvalue weighted by Gasteiger charge is 2.42. The van der Waals surface area contributed by atoms with Gasteiger partial charge in [0.15, 0.2) is 11.7 Å². The summed E-state index contributed by atoms with van der Waals surface area (Å²) in [4.78, 5) is 9.85. The third-order valence-electron chi connectivity index (χ3n) is 6.56. The van der Waals surface area contributed by atoms with Gasteiger partial charge in [-0.15, -0.1) is 24.0 Å². The Kier molecular flexibility index (Phi) is 10.6. The van der Waals surface area contributed by atoms with Crippen LogP contribution in [0.15, 0.2) is 27.8 Å². The Morgan fingerprint density at radius 2 is 2.00 bits per heavy atom. The minimum absolute atomic E-state index is 0. The van der Waals surface area contributed by atoms with E-state index in [0.29, 0.717) is 19.1 Å². The molecule has 4 rings (SSSR count). The van der Waals surface area contributed by atoms with Gasteiger partial charge >= 0.3 is 0 Å². The first kappa shape index (κ1) is 25.7. The molecule has 3 aliphatic heterocycles. The Balaban J connectivity index is 0.00000289. The van der Waals surface area contributed by atoms with E-state index in [1.54, 1.807) is 6.26 Å². The van der Waals surface area contributed by atoms with Crippen LogP contribution in [0.5, 0.6) is 0 Å². The normalized spacial score (nSPS) is 24.3. The zero-order chi connectivity index (χ0) is 21.4. The maximum absolute atomic E-state index is 5.97. The first-order valence-corrected chi connectivity index (χ1v) is 11.9. The van der Waals surface area contributed by atoms with Crippen LogP contribution in [0, 0.1) is 5.92 Å². The molecule has 1 atom stereocenters. The number of morpholine rings is 1. The van der Waals surface area contributed by atoms with Gasteiger partial charge in [0.05, 0.1) is 32.7 Å². The maximum Gasteiger partial charge on any atom is 0.193 e.